The van der Waals surface area contributed by atoms with E-state index < -0.39 is 0 Å². The summed E-state index contributed by atoms with van der Waals surface area (Å²) in [5.74, 6) is 0.795. The van der Waals surface area contributed by atoms with Crippen LogP contribution in [0.3, 0.4) is 0 Å². The number of likely N-dealkylation sites (tertiary alicyclic amines) is 1. The van der Waals surface area contributed by atoms with E-state index in [-0.39, 0.29) is 5.56 Å². The highest BCUT2D eigenvalue weighted by molar-refractivity contribution is 5.76. The highest BCUT2D eigenvalue weighted by atomic mass is 16.5. The monoisotopic (exact) mass is 232 g/mol. The smallest absolute Gasteiger partial charge is 0.287 e. The summed E-state index contributed by atoms with van der Waals surface area (Å²) in [7, 11) is 0. The summed E-state index contributed by atoms with van der Waals surface area (Å²) in [5, 5.41) is 2.99. The number of aromatic amines is 1. The average molecular weight is 232 g/mol. The molecule has 1 aliphatic heterocycles. The van der Waals surface area contributed by atoms with Crippen molar-refractivity contribution in [1.82, 2.24) is 10.1 Å². The second-order valence-corrected chi connectivity index (χ2v) is 4.99. The normalized spacial score (nSPS) is 21.4. The maximum atomic E-state index is 11.3. The van der Waals surface area contributed by atoms with Crippen molar-refractivity contribution in [3.05, 3.63) is 34.1 Å². The fourth-order valence-corrected chi connectivity index (χ4v) is 2.52. The molecule has 0 saturated carbocycles. The van der Waals surface area contributed by atoms with Crippen molar-refractivity contribution in [2.24, 2.45) is 5.92 Å². The minimum atomic E-state index is -0.152. The zero-order valence-electron chi connectivity index (χ0n) is 9.90. The summed E-state index contributed by atoms with van der Waals surface area (Å²) >= 11 is 0. The first-order valence-corrected chi connectivity index (χ1v) is 6.05. The number of aromatic nitrogens is 1. The minimum absolute atomic E-state index is 0.152. The van der Waals surface area contributed by atoms with Crippen LogP contribution in [0.4, 0.5) is 0 Å². The molecule has 0 amide bonds. The highest BCUT2D eigenvalue weighted by Gasteiger charge is 2.18. The number of nitrogens with one attached hydrogen (secondary N) is 1. The number of hydrogen-bond acceptors (Lipinski definition) is 3. The van der Waals surface area contributed by atoms with E-state index in [0.29, 0.717) is 11.0 Å². The van der Waals surface area contributed by atoms with Crippen molar-refractivity contribution in [3.8, 4) is 0 Å². The van der Waals surface area contributed by atoms with Gasteiger partial charge in [0.25, 0.3) is 5.56 Å². The van der Waals surface area contributed by atoms with Gasteiger partial charge in [0.1, 0.15) is 0 Å². The predicted molar refractivity (Wildman–Crippen MR) is 65.9 cm³/mol. The molecule has 1 aliphatic rings. The van der Waals surface area contributed by atoms with Crippen LogP contribution >= 0.6 is 0 Å². The Morgan fingerprint density at radius 2 is 2.41 bits per heavy atom. The van der Waals surface area contributed by atoms with Gasteiger partial charge in [0, 0.05) is 13.1 Å². The van der Waals surface area contributed by atoms with Gasteiger partial charge < -0.3 is 4.52 Å². The lowest BCUT2D eigenvalue weighted by molar-refractivity contribution is 0.320. The number of rotatable bonds is 2. The fraction of sp³-hybridized carbons (Fsp3) is 0.462. The van der Waals surface area contributed by atoms with Crippen molar-refractivity contribution >= 4 is 11.0 Å². The zero-order valence-corrected chi connectivity index (χ0v) is 9.90. The third-order valence-corrected chi connectivity index (χ3v) is 3.46. The Morgan fingerprint density at radius 1 is 1.53 bits per heavy atom. The van der Waals surface area contributed by atoms with Gasteiger partial charge in [-0.05, 0) is 36.6 Å². The second-order valence-electron chi connectivity index (χ2n) is 4.99. The molecule has 3 rings (SSSR count). The molecule has 1 N–H and O–H groups in total. The first kappa shape index (κ1) is 10.6. The molecule has 1 unspecified atom stereocenters. The lowest BCUT2D eigenvalue weighted by atomic mass is 10.1. The van der Waals surface area contributed by atoms with Crippen LogP contribution in [0.15, 0.2) is 27.5 Å². The van der Waals surface area contributed by atoms with E-state index in [1.807, 2.05) is 18.2 Å². The topological polar surface area (TPSA) is 49.2 Å². The Labute approximate surface area is 99.2 Å². The summed E-state index contributed by atoms with van der Waals surface area (Å²) in [4.78, 5) is 13.8. The zero-order chi connectivity index (χ0) is 11.8. The molecule has 0 radical (unpaired) electrons. The molecule has 1 aromatic carbocycles. The molecule has 0 spiro atoms. The van der Waals surface area contributed by atoms with E-state index in [2.05, 4.69) is 17.0 Å². The van der Waals surface area contributed by atoms with Gasteiger partial charge in [0.15, 0.2) is 5.58 Å². The maximum absolute atomic E-state index is 11.3. The van der Waals surface area contributed by atoms with Crippen LogP contribution in [0.2, 0.25) is 0 Å². The van der Waals surface area contributed by atoms with Gasteiger partial charge >= 0.3 is 0 Å². The molecule has 2 aromatic rings. The van der Waals surface area contributed by atoms with E-state index in [1.165, 1.54) is 12.0 Å². The van der Waals surface area contributed by atoms with Gasteiger partial charge in [-0.15, -0.1) is 0 Å². The predicted octanol–water partition coefficient (Wildman–Crippen LogP) is 1.96. The quantitative estimate of drug-likeness (QED) is 0.861. The van der Waals surface area contributed by atoms with Crippen LogP contribution in [0, 0.1) is 5.92 Å². The molecule has 0 bridgehead atoms. The van der Waals surface area contributed by atoms with Crippen molar-refractivity contribution in [1.29, 1.82) is 0 Å². The average Bonchev–Trinajstić information content (AvgIpc) is 2.87. The molecule has 4 heteroatoms. The van der Waals surface area contributed by atoms with Gasteiger partial charge in [0.05, 0.1) is 5.39 Å². The van der Waals surface area contributed by atoms with E-state index in [4.69, 9.17) is 4.52 Å². The van der Waals surface area contributed by atoms with Crippen molar-refractivity contribution in [2.45, 2.75) is 19.9 Å². The largest absolute Gasteiger partial charge is 0.378 e. The van der Waals surface area contributed by atoms with Crippen LogP contribution in [-0.2, 0) is 6.54 Å². The SMILES string of the molecule is CC1CCN(Cc2ccc3c(=O)[nH]oc3c2)C1. The standard InChI is InChI=1S/C13H16N2O2/c1-9-4-5-15(7-9)8-10-2-3-11-12(6-10)17-14-13(11)16/h2-3,6,9H,4-5,7-8H2,1H3,(H,14,16). The molecule has 1 atom stereocenters. The van der Waals surface area contributed by atoms with E-state index in [0.717, 1.165) is 25.6 Å². The minimum Gasteiger partial charge on any atom is -0.378 e. The molecule has 90 valence electrons. The maximum Gasteiger partial charge on any atom is 0.287 e. The van der Waals surface area contributed by atoms with E-state index >= 15 is 0 Å². The number of H-pyrrole nitrogens is 1. The van der Waals surface area contributed by atoms with Crippen molar-refractivity contribution in [3.63, 3.8) is 0 Å². The summed E-state index contributed by atoms with van der Waals surface area (Å²) in [6.45, 7) is 5.55. The van der Waals surface area contributed by atoms with Gasteiger partial charge in [0.2, 0.25) is 0 Å². The van der Waals surface area contributed by atoms with Gasteiger partial charge in [-0.3, -0.25) is 9.69 Å². The third-order valence-electron chi connectivity index (χ3n) is 3.46. The molecule has 1 saturated heterocycles. The lowest BCUT2D eigenvalue weighted by Crippen LogP contribution is -2.19. The van der Waals surface area contributed by atoms with Crippen molar-refractivity contribution < 1.29 is 4.52 Å². The second kappa shape index (κ2) is 4.04. The molecule has 4 nitrogen and oxygen atoms in total. The molecule has 17 heavy (non-hydrogen) atoms. The van der Waals surface area contributed by atoms with Crippen LogP contribution in [0.5, 0.6) is 0 Å². The Kier molecular flexibility index (Phi) is 2.52. The first-order valence-electron chi connectivity index (χ1n) is 6.05. The molecule has 1 aromatic heterocycles. The first-order chi connectivity index (χ1) is 8.22. The molecule has 1 fully saturated rings. The molecule has 2 heterocycles. The van der Waals surface area contributed by atoms with Crippen LogP contribution in [0.25, 0.3) is 11.0 Å². The lowest BCUT2D eigenvalue weighted by Gasteiger charge is -2.14. The number of hydrogen-bond donors (Lipinski definition) is 1. The Morgan fingerprint density at radius 3 is 3.18 bits per heavy atom. The molecule has 0 aliphatic carbocycles. The Bertz CT molecular complexity index is 584. The Hall–Kier alpha value is -1.55. The summed E-state index contributed by atoms with van der Waals surface area (Å²) in [5.41, 5.74) is 1.70. The third kappa shape index (κ3) is 2.00. The fourth-order valence-electron chi connectivity index (χ4n) is 2.52. The number of benzene rings is 1. The molecular formula is C13H16N2O2. The van der Waals surface area contributed by atoms with Crippen molar-refractivity contribution in [2.75, 3.05) is 13.1 Å². The highest BCUT2D eigenvalue weighted by Crippen LogP contribution is 2.19. The van der Waals surface area contributed by atoms with Crippen LogP contribution < -0.4 is 5.56 Å². The van der Waals surface area contributed by atoms with Crippen LogP contribution in [0.1, 0.15) is 18.9 Å². The number of nitrogens with zero attached hydrogens (tertiary/aromatic N) is 1. The summed E-state index contributed by atoms with van der Waals surface area (Å²) < 4.78 is 5.12. The van der Waals surface area contributed by atoms with Gasteiger partial charge in [-0.25, -0.2) is 0 Å². The van der Waals surface area contributed by atoms with E-state index in [1.54, 1.807) is 0 Å². The van der Waals surface area contributed by atoms with Gasteiger partial charge in [-0.1, -0.05) is 13.0 Å². The number of fused-ring (bicyclic) bond motifs is 1. The van der Waals surface area contributed by atoms with Crippen LogP contribution in [-0.4, -0.2) is 23.1 Å². The Balaban J connectivity index is 1.83. The van der Waals surface area contributed by atoms with Gasteiger partial charge in [-0.2, -0.15) is 5.16 Å². The summed E-state index contributed by atoms with van der Waals surface area (Å²) in [6, 6.07) is 5.80. The molecular weight excluding hydrogens is 216 g/mol. The summed E-state index contributed by atoms with van der Waals surface area (Å²) in [6.07, 6.45) is 1.28. The van der Waals surface area contributed by atoms with E-state index in [9.17, 15) is 4.79 Å².